The predicted octanol–water partition coefficient (Wildman–Crippen LogP) is 18.6. The summed E-state index contributed by atoms with van der Waals surface area (Å²) in [5.74, 6) is 0.331. The SMILES string of the molecule is CCCCCCCCC(C)(C)c1cc2ccc3cc(-c4cccc(-c5cc6ccc7cc(C(C)(C)CCCCCCCC)cc8ccc(c5)c6c78)c4O)cc4ccc(c1)c2c34. The fraction of sp³-hybridized carbons (Fsp3) is 0.367. The maximum atomic E-state index is 12.1. The lowest BCUT2D eigenvalue weighted by molar-refractivity contribution is 0.443. The highest BCUT2D eigenvalue weighted by Gasteiger charge is 2.24. The average molecular weight is 803 g/mol. The molecule has 312 valence electrons. The molecular weight excluding hydrogens is 737 g/mol. The second kappa shape index (κ2) is 17.0. The lowest BCUT2D eigenvalue weighted by atomic mass is 9.78. The Bertz CT molecular complexity index is 2630. The van der Waals surface area contributed by atoms with Crippen molar-refractivity contribution in [3.8, 4) is 28.0 Å². The molecular formula is C60H66O. The summed E-state index contributed by atoms with van der Waals surface area (Å²) in [7, 11) is 0. The number of phenolic OH excluding ortho intramolecular Hbond substituents is 1. The van der Waals surface area contributed by atoms with E-state index in [-0.39, 0.29) is 10.8 Å². The third-order valence-electron chi connectivity index (χ3n) is 14.6. The van der Waals surface area contributed by atoms with Crippen LogP contribution in [0.2, 0.25) is 0 Å². The second-order valence-electron chi connectivity index (χ2n) is 20.0. The molecule has 0 atom stereocenters. The molecule has 0 aromatic heterocycles. The van der Waals surface area contributed by atoms with Crippen LogP contribution in [0.4, 0.5) is 0 Å². The summed E-state index contributed by atoms with van der Waals surface area (Å²) >= 11 is 0. The van der Waals surface area contributed by atoms with Gasteiger partial charge < -0.3 is 5.11 Å². The van der Waals surface area contributed by atoms with E-state index in [0.29, 0.717) is 5.75 Å². The van der Waals surface area contributed by atoms with Gasteiger partial charge >= 0.3 is 0 Å². The maximum absolute atomic E-state index is 12.1. The summed E-state index contributed by atoms with van der Waals surface area (Å²) in [4.78, 5) is 0. The largest absolute Gasteiger partial charge is 0.507 e. The molecule has 0 saturated heterocycles. The Labute approximate surface area is 364 Å². The predicted molar refractivity (Wildman–Crippen MR) is 268 cm³/mol. The van der Waals surface area contributed by atoms with Crippen molar-refractivity contribution in [3.05, 3.63) is 126 Å². The van der Waals surface area contributed by atoms with Gasteiger partial charge in [-0.25, -0.2) is 0 Å². The molecule has 0 fully saturated rings. The van der Waals surface area contributed by atoms with Crippen LogP contribution in [-0.2, 0) is 10.8 Å². The Hall–Kier alpha value is -5.14. The second-order valence-corrected chi connectivity index (χ2v) is 20.0. The monoisotopic (exact) mass is 803 g/mol. The minimum atomic E-state index is 0.134. The number of phenols is 1. The molecule has 9 rings (SSSR count). The molecule has 0 amide bonds. The standard InChI is InChI=1S/C60H66O/c1-7-9-11-13-15-17-30-59(3,4)50-36-44-26-22-40-32-48(33-41-23-27-45(37-50)56(44)54(40)41)52-20-19-21-53(58(52)61)49-34-42-24-28-46-38-51(60(5,6)31-18-16-14-12-10-8-2)39-47-29-25-43(35-49)55(42)57(46)47/h19-29,32-39,61H,7-18,30-31H2,1-6H3. The van der Waals surface area contributed by atoms with Crippen LogP contribution in [0.3, 0.4) is 0 Å². The van der Waals surface area contributed by atoms with Crippen LogP contribution in [0, 0.1) is 0 Å². The summed E-state index contributed by atoms with van der Waals surface area (Å²) in [6, 6.07) is 43.6. The van der Waals surface area contributed by atoms with Gasteiger partial charge in [0.25, 0.3) is 0 Å². The third kappa shape index (κ3) is 7.95. The van der Waals surface area contributed by atoms with Gasteiger partial charge in [-0.3, -0.25) is 0 Å². The zero-order valence-corrected chi connectivity index (χ0v) is 37.8. The Morgan fingerprint density at radius 2 is 0.639 bits per heavy atom. The van der Waals surface area contributed by atoms with Crippen LogP contribution >= 0.6 is 0 Å². The van der Waals surface area contributed by atoms with E-state index in [4.69, 9.17) is 0 Å². The first-order chi connectivity index (χ1) is 29.6. The Morgan fingerprint density at radius 1 is 0.361 bits per heavy atom. The first-order valence-corrected chi connectivity index (χ1v) is 23.9. The normalized spacial score (nSPS) is 12.8. The smallest absolute Gasteiger partial charge is 0.131 e. The lowest BCUT2D eigenvalue weighted by Crippen LogP contribution is -2.17. The van der Waals surface area contributed by atoms with Crippen LogP contribution in [0.15, 0.2) is 115 Å². The van der Waals surface area contributed by atoms with Crippen molar-refractivity contribution < 1.29 is 5.11 Å². The van der Waals surface area contributed by atoms with Crippen molar-refractivity contribution in [2.45, 2.75) is 142 Å². The van der Waals surface area contributed by atoms with Crippen LogP contribution in [0.25, 0.3) is 86.9 Å². The van der Waals surface area contributed by atoms with Crippen molar-refractivity contribution in [2.24, 2.45) is 0 Å². The Morgan fingerprint density at radius 3 is 0.951 bits per heavy atom. The molecule has 0 aliphatic rings. The Balaban J connectivity index is 1.01. The molecule has 9 aromatic rings. The molecule has 1 heteroatoms. The molecule has 0 radical (unpaired) electrons. The zero-order chi connectivity index (χ0) is 42.3. The first-order valence-electron chi connectivity index (χ1n) is 23.9. The van der Waals surface area contributed by atoms with Gasteiger partial charge in [0.1, 0.15) is 5.75 Å². The number of rotatable bonds is 18. The third-order valence-corrected chi connectivity index (χ3v) is 14.6. The molecule has 0 heterocycles. The fourth-order valence-corrected chi connectivity index (χ4v) is 10.8. The summed E-state index contributed by atoms with van der Waals surface area (Å²) in [5, 5.41) is 27.6. The quantitative estimate of drug-likeness (QED) is 0.0677. The molecule has 1 nitrogen and oxygen atoms in total. The van der Waals surface area contributed by atoms with Crippen molar-refractivity contribution >= 4 is 64.6 Å². The molecule has 61 heavy (non-hydrogen) atoms. The van der Waals surface area contributed by atoms with Crippen molar-refractivity contribution in [2.75, 3.05) is 0 Å². The number of aromatic hydroxyl groups is 1. The minimum absolute atomic E-state index is 0.134. The van der Waals surface area contributed by atoms with Gasteiger partial charge in [0.05, 0.1) is 0 Å². The van der Waals surface area contributed by atoms with E-state index in [0.717, 1.165) is 22.3 Å². The summed E-state index contributed by atoms with van der Waals surface area (Å²) < 4.78 is 0. The molecule has 9 aromatic carbocycles. The van der Waals surface area contributed by atoms with Gasteiger partial charge in [0.2, 0.25) is 0 Å². The first kappa shape index (κ1) is 41.2. The molecule has 0 unspecified atom stereocenters. The summed E-state index contributed by atoms with van der Waals surface area (Å²) in [5.41, 5.74) is 6.95. The lowest BCUT2D eigenvalue weighted by Gasteiger charge is -2.27. The Kier molecular flexibility index (Phi) is 11.5. The molecule has 0 aliphatic heterocycles. The van der Waals surface area contributed by atoms with E-state index in [1.54, 1.807) is 0 Å². The molecule has 0 spiro atoms. The molecule has 0 bridgehead atoms. The van der Waals surface area contributed by atoms with E-state index in [2.05, 4.69) is 157 Å². The summed E-state index contributed by atoms with van der Waals surface area (Å²) in [6.07, 6.45) is 18.4. The maximum Gasteiger partial charge on any atom is 0.131 e. The van der Waals surface area contributed by atoms with Crippen molar-refractivity contribution in [1.29, 1.82) is 0 Å². The zero-order valence-electron chi connectivity index (χ0n) is 37.8. The van der Waals surface area contributed by atoms with Crippen LogP contribution in [0.5, 0.6) is 5.75 Å². The van der Waals surface area contributed by atoms with Gasteiger partial charge in [-0.1, -0.05) is 210 Å². The van der Waals surface area contributed by atoms with Gasteiger partial charge in [0.15, 0.2) is 0 Å². The minimum Gasteiger partial charge on any atom is -0.507 e. The van der Waals surface area contributed by atoms with E-state index in [9.17, 15) is 5.11 Å². The fourth-order valence-electron chi connectivity index (χ4n) is 10.8. The van der Waals surface area contributed by atoms with Gasteiger partial charge in [-0.05, 0) is 135 Å². The highest BCUT2D eigenvalue weighted by atomic mass is 16.3. The van der Waals surface area contributed by atoms with E-state index in [1.807, 2.05) is 0 Å². The average Bonchev–Trinajstić information content (AvgIpc) is 3.26. The number of unbranched alkanes of at least 4 members (excludes halogenated alkanes) is 10. The highest BCUT2D eigenvalue weighted by molar-refractivity contribution is 6.25. The van der Waals surface area contributed by atoms with Crippen LogP contribution < -0.4 is 0 Å². The highest BCUT2D eigenvalue weighted by Crippen LogP contribution is 2.46. The van der Waals surface area contributed by atoms with E-state index >= 15 is 0 Å². The van der Waals surface area contributed by atoms with E-state index in [1.165, 1.54) is 166 Å². The topological polar surface area (TPSA) is 20.2 Å². The number of hydrogen-bond donors (Lipinski definition) is 1. The van der Waals surface area contributed by atoms with Crippen LogP contribution in [-0.4, -0.2) is 5.11 Å². The molecule has 1 N–H and O–H groups in total. The van der Waals surface area contributed by atoms with Crippen LogP contribution in [0.1, 0.15) is 143 Å². The van der Waals surface area contributed by atoms with Crippen molar-refractivity contribution in [1.82, 2.24) is 0 Å². The van der Waals surface area contributed by atoms with Crippen molar-refractivity contribution in [3.63, 3.8) is 0 Å². The summed E-state index contributed by atoms with van der Waals surface area (Å²) in [6.45, 7) is 14.3. The van der Waals surface area contributed by atoms with Gasteiger partial charge in [-0.2, -0.15) is 0 Å². The number of hydrogen-bond acceptors (Lipinski definition) is 1. The number of para-hydroxylation sites is 1. The van der Waals surface area contributed by atoms with Gasteiger partial charge in [-0.15, -0.1) is 0 Å². The molecule has 0 saturated carbocycles. The van der Waals surface area contributed by atoms with Gasteiger partial charge in [0, 0.05) is 11.1 Å². The number of benzene rings is 9. The molecule has 0 aliphatic carbocycles. The van der Waals surface area contributed by atoms with E-state index < -0.39 is 0 Å².